The van der Waals surface area contributed by atoms with Gasteiger partial charge < -0.3 is 15.0 Å². The van der Waals surface area contributed by atoms with E-state index in [1.165, 1.54) is 0 Å². The van der Waals surface area contributed by atoms with Crippen LogP contribution in [0.3, 0.4) is 0 Å². The van der Waals surface area contributed by atoms with Crippen molar-refractivity contribution in [1.82, 2.24) is 5.32 Å². The van der Waals surface area contributed by atoms with E-state index >= 15 is 0 Å². The lowest BCUT2D eigenvalue weighted by molar-refractivity contribution is -0.143. The predicted molar refractivity (Wildman–Crippen MR) is 108 cm³/mol. The highest BCUT2D eigenvalue weighted by Gasteiger charge is 2.21. The zero-order chi connectivity index (χ0) is 19.9. The van der Waals surface area contributed by atoms with E-state index in [0.717, 1.165) is 22.6 Å². The van der Waals surface area contributed by atoms with E-state index in [-0.39, 0.29) is 25.0 Å². The number of carbonyl (C=O) groups is 3. The zero-order valence-electron chi connectivity index (χ0n) is 15.6. The Morgan fingerprint density at radius 3 is 2.43 bits per heavy atom. The van der Waals surface area contributed by atoms with E-state index in [4.69, 9.17) is 4.74 Å². The lowest BCUT2D eigenvalue weighted by Gasteiger charge is -2.15. The molecule has 1 N–H and O–H groups in total. The molecule has 1 saturated heterocycles. The van der Waals surface area contributed by atoms with Crippen molar-refractivity contribution >= 4 is 35.2 Å². The summed E-state index contributed by atoms with van der Waals surface area (Å²) in [6.45, 7) is 0.673. The Labute approximate surface area is 168 Å². The molecule has 6 nitrogen and oxygen atoms in total. The number of ether oxygens (including phenoxy) is 1. The van der Waals surface area contributed by atoms with Gasteiger partial charge in [0, 0.05) is 29.1 Å². The molecule has 28 heavy (non-hydrogen) atoms. The summed E-state index contributed by atoms with van der Waals surface area (Å²) in [4.78, 5) is 38.7. The molecule has 2 amide bonds. The van der Waals surface area contributed by atoms with E-state index in [1.54, 1.807) is 40.9 Å². The molecule has 3 rings (SSSR count). The van der Waals surface area contributed by atoms with Crippen molar-refractivity contribution < 1.29 is 19.1 Å². The van der Waals surface area contributed by atoms with Crippen LogP contribution in [-0.2, 0) is 20.9 Å². The summed E-state index contributed by atoms with van der Waals surface area (Å²) in [7, 11) is 0. The van der Waals surface area contributed by atoms with Crippen LogP contribution in [0.4, 0.5) is 5.69 Å². The molecule has 7 heteroatoms. The monoisotopic (exact) mass is 398 g/mol. The van der Waals surface area contributed by atoms with Gasteiger partial charge in [-0.15, -0.1) is 11.8 Å². The van der Waals surface area contributed by atoms with Crippen LogP contribution in [0.1, 0.15) is 28.8 Å². The van der Waals surface area contributed by atoms with Gasteiger partial charge in [-0.3, -0.25) is 14.4 Å². The third-order valence-electron chi connectivity index (χ3n) is 4.47. The minimum Gasteiger partial charge on any atom is -0.460 e. The summed E-state index contributed by atoms with van der Waals surface area (Å²) in [5, 5.41) is 2.55. The molecule has 0 aromatic heterocycles. The Hall–Kier alpha value is -2.80. The van der Waals surface area contributed by atoms with Crippen molar-refractivity contribution in [3.05, 3.63) is 59.7 Å². The first-order valence-electron chi connectivity index (χ1n) is 9.04. The van der Waals surface area contributed by atoms with Crippen molar-refractivity contribution in [3.8, 4) is 0 Å². The standard InChI is InChI=1S/C21H22N2O4S/c1-28-18-10-4-15(5-11-18)14-27-20(25)13-22-21(26)16-6-8-17(9-7-16)23-12-2-3-19(23)24/h4-11H,2-3,12-14H2,1H3,(H,22,26). The van der Waals surface area contributed by atoms with E-state index in [2.05, 4.69) is 5.32 Å². The van der Waals surface area contributed by atoms with Crippen molar-refractivity contribution in [2.45, 2.75) is 24.3 Å². The largest absolute Gasteiger partial charge is 0.460 e. The summed E-state index contributed by atoms with van der Waals surface area (Å²) in [5.41, 5.74) is 2.10. The second kappa shape index (κ2) is 9.41. The normalized spacial score (nSPS) is 13.5. The van der Waals surface area contributed by atoms with Crippen molar-refractivity contribution in [2.75, 3.05) is 24.2 Å². The maximum atomic E-state index is 12.2. The number of nitrogens with zero attached hydrogens (tertiary/aromatic N) is 1. The molecule has 0 radical (unpaired) electrons. The summed E-state index contributed by atoms with van der Waals surface area (Å²) < 4.78 is 5.18. The molecule has 0 unspecified atom stereocenters. The van der Waals surface area contributed by atoms with Gasteiger partial charge in [0.2, 0.25) is 5.91 Å². The highest BCUT2D eigenvalue weighted by Crippen LogP contribution is 2.21. The molecule has 0 spiro atoms. The van der Waals surface area contributed by atoms with Gasteiger partial charge in [-0.05, 0) is 54.6 Å². The Morgan fingerprint density at radius 2 is 1.82 bits per heavy atom. The number of thioether (sulfide) groups is 1. The first kappa shape index (κ1) is 19.9. The van der Waals surface area contributed by atoms with Gasteiger partial charge in [0.1, 0.15) is 13.2 Å². The summed E-state index contributed by atoms with van der Waals surface area (Å²) in [5.74, 6) is -0.759. The quantitative estimate of drug-likeness (QED) is 0.573. The van der Waals surface area contributed by atoms with Crippen LogP contribution < -0.4 is 10.2 Å². The second-order valence-corrected chi connectivity index (χ2v) is 7.27. The fourth-order valence-electron chi connectivity index (χ4n) is 2.91. The van der Waals surface area contributed by atoms with Crippen LogP contribution >= 0.6 is 11.8 Å². The molecule has 0 saturated carbocycles. The molecule has 0 atom stereocenters. The lowest BCUT2D eigenvalue weighted by atomic mass is 10.2. The Bertz CT molecular complexity index is 850. The number of amides is 2. The molecule has 2 aromatic rings. The molecular formula is C21H22N2O4S. The Balaban J connectivity index is 1.45. The molecule has 146 valence electrons. The Morgan fingerprint density at radius 1 is 1.11 bits per heavy atom. The average Bonchev–Trinajstić information content (AvgIpc) is 3.16. The minimum absolute atomic E-state index is 0.100. The van der Waals surface area contributed by atoms with Gasteiger partial charge >= 0.3 is 5.97 Å². The maximum Gasteiger partial charge on any atom is 0.325 e. The Kier molecular flexibility index (Phi) is 6.71. The predicted octanol–water partition coefficient (Wildman–Crippen LogP) is 3.01. The molecule has 1 heterocycles. The highest BCUT2D eigenvalue weighted by molar-refractivity contribution is 7.98. The zero-order valence-corrected chi connectivity index (χ0v) is 16.5. The number of hydrogen-bond donors (Lipinski definition) is 1. The fourth-order valence-corrected chi connectivity index (χ4v) is 3.31. The van der Waals surface area contributed by atoms with Crippen LogP contribution in [0.25, 0.3) is 0 Å². The van der Waals surface area contributed by atoms with E-state index < -0.39 is 5.97 Å². The third-order valence-corrected chi connectivity index (χ3v) is 5.21. The molecule has 1 aliphatic heterocycles. The topological polar surface area (TPSA) is 75.7 Å². The van der Waals surface area contributed by atoms with Crippen LogP contribution in [-0.4, -0.2) is 37.1 Å². The lowest BCUT2D eigenvalue weighted by Crippen LogP contribution is -2.30. The number of nitrogens with one attached hydrogen (secondary N) is 1. The van der Waals surface area contributed by atoms with Crippen LogP contribution in [0.2, 0.25) is 0 Å². The second-order valence-electron chi connectivity index (χ2n) is 6.39. The molecule has 1 fully saturated rings. The first-order valence-corrected chi connectivity index (χ1v) is 10.3. The molecule has 2 aromatic carbocycles. The smallest absolute Gasteiger partial charge is 0.325 e. The third kappa shape index (κ3) is 5.13. The summed E-state index contributed by atoms with van der Waals surface area (Å²) in [6.07, 6.45) is 3.41. The highest BCUT2D eigenvalue weighted by atomic mass is 32.2. The van der Waals surface area contributed by atoms with Crippen LogP contribution in [0.5, 0.6) is 0 Å². The number of rotatable bonds is 7. The van der Waals surface area contributed by atoms with Crippen molar-refractivity contribution in [3.63, 3.8) is 0 Å². The van der Waals surface area contributed by atoms with Crippen molar-refractivity contribution in [1.29, 1.82) is 0 Å². The van der Waals surface area contributed by atoms with Gasteiger partial charge in [-0.1, -0.05) is 12.1 Å². The van der Waals surface area contributed by atoms with Gasteiger partial charge in [-0.25, -0.2) is 0 Å². The molecule has 1 aliphatic rings. The van der Waals surface area contributed by atoms with Crippen LogP contribution in [0.15, 0.2) is 53.4 Å². The van der Waals surface area contributed by atoms with Gasteiger partial charge in [0.05, 0.1) is 0 Å². The molecule has 0 bridgehead atoms. The fraction of sp³-hybridized carbons (Fsp3) is 0.286. The van der Waals surface area contributed by atoms with Gasteiger partial charge in [-0.2, -0.15) is 0 Å². The van der Waals surface area contributed by atoms with Crippen LogP contribution in [0, 0.1) is 0 Å². The summed E-state index contributed by atoms with van der Waals surface area (Å²) >= 11 is 1.64. The van der Waals surface area contributed by atoms with E-state index in [1.807, 2.05) is 30.5 Å². The minimum atomic E-state index is -0.499. The van der Waals surface area contributed by atoms with E-state index in [0.29, 0.717) is 18.5 Å². The molecular weight excluding hydrogens is 376 g/mol. The number of benzene rings is 2. The number of carbonyl (C=O) groups excluding carboxylic acids is 3. The molecule has 0 aliphatic carbocycles. The summed E-state index contributed by atoms with van der Waals surface area (Å²) in [6, 6.07) is 14.5. The number of anilines is 1. The number of hydrogen-bond acceptors (Lipinski definition) is 5. The SMILES string of the molecule is CSc1ccc(COC(=O)CNC(=O)c2ccc(N3CCCC3=O)cc2)cc1. The number of esters is 1. The van der Waals surface area contributed by atoms with Crippen molar-refractivity contribution in [2.24, 2.45) is 0 Å². The van der Waals surface area contributed by atoms with Gasteiger partial charge in [0.15, 0.2) is 0 Å². The van der Waals surface area contributed by atoms with Gasteiger partial charge in [0.25, 0.3) is 5.91 Å². The average molecular weight is 398 g/mol. The van der Waals surface area contributed by atoms with E-state index in [9.17, 15) is 14.4 Å². The maximum absolute atomic E-state index is 12.2. The first-order chi connectivity index (χ1) is 13.6.